The fourth-order valence-electron chi connectivity index (χ4n) is 1.73. The van der Waals surface area contributed by atoms with Gasteiger partial charge in [-0.3, -0.25) is 0 Å². The number of pyridine rings is 1. The summed E-state index contributed by atoms with van der Waals surface area (Å²) in [6, 6.07) is 8.20. The molecule has 0 fully saturated rings. The number of rotatable bonds is 3. The lowest BCUT2D eigenvalue weighted by Crippen LogP contribution is -1.94. The van der Waals surface area contributed by atoms with Crippen molar-refractivity contribution in [2.24, 2.45) is 0 Å². The van der Waals surface area contributed by atoms with Gasteiger partial charge >= 0.3 is 0 Å². The Bertz CT molecular complexity index is 700. The minimum atomic E-state index is 0.866. The molecule has 5 heteroatoms. The van der Waals surface area contributed by atoms with Crippen LogP contribution in [0.1, 0.15) is 10.4 Å². The van der Waals surface area contributed by atoms with Crippen LogP contribution in [0.5, 0.6) is 0 Å². The maximum absolute atomic E-state index is 4.61. The second-order valence-electron chi connectivity index (χ2n) is 4.24. The van der Waals surface area contributed by atoms with Crippen molar-refractivity contribution in [2.75, 3.05) is 5.32 Å². The van der Waals surface area contributed by atoms with Gasteiger partial charge in [0.25, 0.3) is 0 Å². The molecule has 0 radical (unpaired) electrons. The van der Waals surface area contributed by atoms with Gasteiger partial charge in [0.15, 0.2) is 5.13 Å². The van der Waals surface area contributed by atoms with Crippen LogP contribution in [0.4, 0.5) is 10.9 Å². The summed E-state index contributed by atoms with van der Waals surface area (Å²) in [6.07, 6.45) is 1.78. The first-order chi connectivity index (χ1) is 9.22. The van der Waals surface area contributed by atoms with Gasteiger partial charge in [0, 0.05) is 16.5 Å². The number of thiazole rings is 1. The van der Waals surface area contributed by atoms with Crippen LogP contribution in [0, 0.1) is 13.8 Å². The molecule has 0 spiro atoms. The number of nitrogens with one attached hydrogen (secondary N) is 1. The van der Waals surface area contributed by atoms with Crippen LogP contribution in [0.25, 0.3) is 10.6 Å². The zero-order chi connectivity index (χ0) is 13.2. The molecule has 0 unspecified atom stereocenters. The van der Waals surface area contributed by atoms with Gasteiger partial charge in [-0.15, -0.1) is 22.7 Å². The Kier molecular flexibility index (Phi) is 3.31. The van der Waals surface area contributed by atoms with Crippen molar-refractivity contribution in [2.45, 2.75) is 13.8 Å². The van der Waals surface area contributed by atoms with Gasteiger partial charge in [0.2, 0.25) is 0 Å². The van der Waals surface area contributed by atoms with Gasteiger partial charge < -0.3 is 5.32 Å². The molecule has 0 bridgehead atoms. The van der Waals surface area contributed by atoms with Crippen molar-refractivity contribution < 1.29 is 0 Å². The van der Waals surface area contributed by atoms with Crippen molar-refractivity contribution in [3.8, 4) is 10.6 Å². The van der Waals surface area contributed by atoms with Crippen molar-refractivity contribution in [3.63, 3.8) is 0 Å². The summed E-state index contributed by atoms with van der Waals surface area (Å²) in [5.41, 5.74) is 2.14. The van der Waals surface area contributed by atoms with Gasteiger partial charge in [-0.1, -0.05) is 6.07 Å². The number of hydrogen-bond acceptors (Lipinski definition) is 5. The summed E-state index contributed by atoms with van der Waals surface area (Å²) in [4.78, 5) is 11.4. The van der Waals surface area contributed by atoms with Crippen molar-refractivity contribution in [1.82, 2.24) is 9.97 Å². The van der Waals surface area contributed by atoms with Crippen LogP contribution < -0.4 is 5.32 Å². The standard InChI is InChI=1S/C14H13N3S2/c1-9-4-3-7-15-13(9)17-14-16-11(8-18-14)12-6-5-10(2)19-12/h3-8H,1-2H3,(H,15,16,17). The predicted molar refractivity (Wildman–Crippen MR) is 82.4 cm³/mol. The van der Waals surface area contributed by atoms with Gasteiger partial charge in [0.1, 0.15) is 5.82 Å². The molecule has 0 saturated heterocycles. The molecule has 3 nitrogen and oxygen atoms in total. The molecule has 0 amide bonds. The molecular formula is C14H13N3S2. The molecule has 3 heterocycles. The molecule has 0 aliphatic heterocycles. The van der Waals surface area contributed by atoms with E-state index < -0.39 is 0 Å². The second-order valence-corrected chi connectivity index (χ2v) is 6.39. The van der Waals surface area contributed by atoms with E-state index in [1.165, 1.54) is 9.75 Å². The quantitative estimate of drug-likeness (QED) is 0.763. The monoisotopic (exact) mass is 287 g/mol. The van der Waals surface area contributed by atoms with Crippen LogP contribution in [-0.2, 0) is 0 Å². The minimum absolute atomic E-state index is 0.866. The third kappa shape index (κ3) is 2.67. The SMILES string of the molecule is Cc1ccc(-c2csc(Nc3ncccc3C)n2)s1. The summed E-state index contributed by atoms with van der Waals surface area (Å²) in [5, 5.41) is 6.22. The molecule has 0 saturated carbocycles. The lowest BCUT2D eigenvalue weighted by Gasteiger charge is -2.03. The minimum Gasteiger partial charge on any atom is -0.316 e. The van der Waals surface area contributed by atoms with E-state index in [1.54, 1.807) is 28.9 Å². The Morgan fingerprint density at radius 2 is 2.05 bits per heavy atom. The van der Waals surface area contributed by atoms with E-state index in [9.17, 15) is 0 Å². The fraction of sp³-hybridized carbons (Fsp3) is 0.143. The first-order valence-electron chi connectivity index (χ1n) is 5.93. The second kappa shape index (κ2) is 5.11. The van der Waals surface area contributed by atoms with E-state index in [-0.39, 0.29) is 0 Å². The highest BCUT2D eigenvalue weighted by atomic mass is 32.1. The molecule has 96 valence electrons. The van der Waals surface area contributed by atoms with Crippen LogP contribution in [0.3, 0.4) is 0 Å². The van der Waals surface area contributed by atoms with Crippen molar-refractivity contribution in [3.05, 3.63) is 46.3 Å². The molecule has 0 aromatic carbocycles. The number of thiophene rings is 1. The number of anilines is 2. The summed E-state index contributed by atoms with van der Waals surface area (Å²) >= 11 is 3.37. The van der Waals surface area contributed by atoms with Gasteiger partial charge in [-0.2, -0.15) is 0 Å². The number of hydrogen-bond donors (Lipinski definition) is 1. The predicted octanol–water partition coefficient (Wildman–Crippen LogP) is 4.63. The summed E-state index contributed by atoms with van der Waals surface area (Å²) in [7, 11) is 0. The number of aryl methyl sites for hydroxylation is 2. The van der Waals surface area contributed by atoms with Gasteiger partial charge in [-0.25, -0.2) is 9.97 Å². The Morgan fingerprint density at radius 3 is 2.79 bits per heavy atom. The fourth-order valence-corrected chi connectivity index (χ4v) is 3.35. The summed E-state index contributed by atoms with van der Waals surface area (Å²) in [5.74, 6) is 0.866. The average Bonchev–Trinajstić information content (AvgIpc) is 3.01. The zero-order valence-electron chi connectivity index (χ0n) is 10.7. The molecular weight excluding hydrogens is 274 g/mol. The van der Waals surface area contributed by atoms with E-state index in [4.69, 9.17) is 0 Å². The van der Waals surface area contributed by atoms with Crippen molar-refractivity contribution in [1.29, 1.82) is 0 Å². The molecule has 0 aliphatic carbocycles. The Hall–Kier alpha value is -1.72. The van der Waals surface area contributed by atoms with Crippen LogP contribution >= 0.6 is 22.7 Å². The maximum atomic E-state index is 4.61. The van der Waals surface area contributed by atoms with E-state index in [1.807, 2.05) is 19.1 Å². The first-order valence-corrected chi connectivity index (χ1v) is 7.63. The Balaban J connectivity index is 1.84. The van der Waals surface area contributed by atoms with Gasteiger partial charge in [-0.05, 0) is 37.6 Å². The van der Waals surface area contributed by atoms with Crippen LogP contribution in [0.2, 0.25) is 0 Å². The number of nitrogens with zero attached hydrogens (tertiary/aromatic N) is 2. The van der Waals surface area contributed by atoms with Crippen molar-refractivity contribution >= 4 is 33.6 Å². The molecule has 3 rings (SSSR count). The van der Waals surface area contributed by atoms with Crippen LogP contribution in [0.15, 0.2) is 35.8 Å². The van der Waals surface area contributed by atoms with E-state index in [0.29, 0.717) is 0 Å². The normalized spacial score (nSPS) is 10.6. The van der Waals surface area contributed by atoms with Gasteiger partial charge in [0.05, 0.1) is 10.6 Å². The topological polar surface area (TPSA) is 37.8 Å². The largest absolute Gasteiger partial charge is 0.316 e. The lowest BCUT2D eigenvalue weighted by atomic mass is 10.3. The third-order valence-corrected chi connectivity index (χ3v) is 4.51. The Morgan fingerprint density at radius 1 is 1.16 bits per heavy atom. The van der Waals surface area contributed by atoms with E-state index in [2.05, 4.69) is 39.7 Å². The summed E-state index contributed by atoms with van der Waals surface area (Å²) in [6.45, 7) is 4.14. The third-order valence-electron chi connectivity index (χ3n) is 2.73. The molecule has 0 aliphatic rings. The zero-order valence-corrected chi connectivity index (χ0v) is 12.3. The Labute approximate surface area is 120 Å². The maximum Gasteiger partial charge on any atom is 0.188 e. The lowest BCUT2D eigenvalue weighted by molar-refractivity contribution is 1.24. The van der Waals surface area contributed by atoms with E-state index >= 15 is 0 Å². The highest BCUT2D eigenvalue weighted by Crippen LogP contribution is 2.31. The van der Waals surface area contributed by atoms with Crippen LogP contribution in [-0.4, -0.2) is 9.97 Å². The molecule has 3 aromatic rings. The summed E-state index contributed by atoms with van der Waals surface area (Å²) < 4.78 is 0. The first kappa shape index (κ1) is 12.3. The molecule has 0 atom stereocenters. The molecule has 3 aromatic heterocycles. The smallest absolute Gasteiger partial charge is 0.188 e. The molecule has 1 N–H and O–H groups in total. The number of aromatic nitrogens is 2. The molecule has 19 heavy (non-hydrogen) atoms. The highest BCUT2D eigenvalue weighted by Gasteiger charge is 2.07. The highest BCUT2D eigenvalue weighted by molar-refractivity contribution is 7.17. The average molecular weight is 287 g/mol. The van der Waals surface area contributed by atoms with E-state index in [0.717, 1.165) is 22.2 Å².